The molecule has 0 radical (unpaired) electrons. The quantitative estimate of drug-likeness (QED) is 0.428. The van der Waals surface area contributed by atoms with E-state index in [1.165, 1.54) is 11.8 Å². The number of hydrogen-bond donors (Lipinski definition) is 1. The molecule has 0 aliphatic carbocycles. The van der Waals surface area contributed by atoms with Crippen molar-refractivity contribution in [2.75, 3.05) is 19.5 Å². The van der Waals surface area contributed by atoms with Gasteiger partial charge in [-0.25, -0.2) is 0 Å². The van der Waals surface area contributed by atoms with Crippen molar-refractivity contribution in [2.24, 2.45) is 7.05 Å². The van der Waals surface area contributed by atoms with E-state index in [2.05, 4.69) is 10.3 Å². The molecule has 1 atom stereocenters. The lowest BCUT2D eigenvalue weighted by Gasteiger charge is -2.28. The molecule has 166 valence electrons. The summed E-state index contributed by atoms with van der Waals surface area (Å²) < 4.78 is 12.5. The molecule has 7 nitrogen and oxygen atoms in total. The largest absolute Gasteiger partial charge is 0.493 e. The Bertz CT molecular complexity index is 1240. The molecule has 0 bridgehead atoms. The highest BCUT2D eigenvalue weighted by molar-refractivity contribution is 7.98. The highest BCUT2D eigenvalue weighted by Gasteiger charge is 2.32. The smallest absolute Gasteiger partial charge is 0.279 e. The molecule has 3 aromatic rings. The molecule has 1 aliphatic rings. The summed E-state index contributed by atoms with van der Waals surface area (Å²) in [7, 11) is 4.90. The summed E-state index contributed by atoms with van der Waals surface area (Å²) in [5.41, 5.74) is 1.91. The van der Waals surface area contributed by atoms with E-state index in [9.17, 15) is 9.59 Å². The SMILES string of the molecule is COc1ccc([C@H]2CC(=O)Nc3c2c(=O)nc(SCc2cccc(Cl)c2)n3C)cc1OC. The maximum absolute atomic E-state index is 13.1. The van der Waals surface area contributed by atoms with Gasteiger partial charge in [0.15, 0.2) is 16.7 Å². The number of thioether (sulfide) groups is 1. The Balaban J connectivity index is 1.72. The van der Waals surface area contributed by atoms with Crippen LogP contribution < -0.4 is 20.3 Å². The second-order valence-corrected chi connectivity index (χ2v) is 8.74. The van der Waals surface area contributed by atoms with Gasteiger partial charge in [-0.15, -0.1) is 0 Å². The minimum atomic E-state index is -0.434. The number of ether oxygens (including phenoxy) is 2. The lowest BCUT2D eigenvalue weighted by molar-refractivity contribution is -0.116. The number of fused-ring (bicyclic) bond motifs is 1. The second kappa shape index (κ2) is 9.26. The zero-order valence-corrected chi connectivity index (χ0v) is 19.4. The molecule has 4 rings (SSSR count). The van der Waals surface area contributed by atoms with Gasteiger partial charge in [0, 0.05) is 30.2 Å². The first-order chi connectivity index (χ1) is 15.4. The van der Waals surface area contributed by atoms with Gasteiger partial charge in [0.1, 0.15) is 5.82 Å². The Labute approximate surface area is 194 Å². The number of nitrogens with zero attached hydrogens (tertiary/aromatic N) is 2. The van der Waals surface area contributed by atoms with Crippen molar-refractivity contribution in [3.63, 3.8) is 0 Å². The van der Waals surface area contributed by atoms with Crippen LogP contribution >= 0.6 is 23.4 Å². The second-order valence-electron chi connectivity index (χ2n) is 7.36. The molecular weight excluding hydrogens is 450 g/mol. The molecule has 0 saturated carbocycles. The number of carbonyl (C=O) groups is 1. The molecule has 0 fully saturated rings. The zero-order chi connectivity index (χ0) is 22.8. The van der Waals surface area contributed by atoms with Crippen LogP contribution in [-0.2, 0) is 17.6 Å². The minimum Gasteiger partial charge on any atom is -0.493 e. The van der Waals surface area contributed by atoms with Crippen LogP contribution in [0.1, 0.15) is 29.0 Å². The van der Waals surface area contributed by atoms with Gasteiger partial charge in [-0.1, -0.05) is 41.6 Å². The van der Waals surface area contributed by atoms with Gasteiger partial charge in [0.25, 0.3) is 5.56 Å². The summed E-state index contributed by atoms with van der Waals surface area (Å²) >= 11 is 7.47. The third-order valence-corrected chi connectivity index (χ3v) is 6.70. The molecule has 2 heterocycles. The Morgan fingerprint density at radius 2 is 1.94 bits per heavy atom. The molecule has 1 aliphatic heterocycles. The van der Waals surface area contributed by atoms with Crippen LogP contribution in [0.15, 0.2) is 52.4 Å². The fourth-order valence-corrected chi connectivity index (χ4v) is 4.91. The van der Waals surface area contributed by atoms with Crippen LogP contribution in [0.2, 0.25) is 5.02 Å². The van der Waals surface area contributed by atoms with Gasteiger partial charge in [-0.3, -0.25) is 9.59 Å². The maximum atomic E-state index is 13.1. The summed E-state index contributed by atoms with van der Waals surface area (Å²) in [6, 6.07) is 12.9. The molecule has 1 aromatic heterocycles. The predicted octanol–water partition coefficient (Wildman–Crippen LogP) is 4.22. The van der Waals surface area contributed by atoms with Crippen molar-refractivity contribution < 1.29 is 14.3 Å². The van der Waals surface area contributed by atoms with Crippen molar-refractivity contribution in [3.05, 3.63) is 74.5 Å². The maximum Gasteiger partial charge on any atom is 0.279 e. The first-order valence-corrected chi connectivity index (χ1v) is 11.3. The van der Waals surface area contributed by atoms with E-state index in [1.807, 2.05) is 30.3 Å². The van der Waals surface area contributed by atoms with Crippen molar-refractivity contribution >= 4 is 35.1 Å². The van der Waals surface area contributed by atoms with Gasteiger partial charge < -0.3 is 19.4 Å². The van der Waals surface area contributed by atoms with Crippen LogP contribution in [-0.4, -0.2) is 29.7 Å². The Morgan fingerprint density at radius 1 is 1.16 bits per heavy atom. The normalized spacial score (nSPS) is 15.1. The number of hydrogen-bond acceptors (Lipinski definition) is 6. The molecule has 1 amide bonds. The summed E-state index contributed by atoms with van der Waals surface area (Å²) in [5, 5.41) is 4.03. The number of amides is 1. The number of rotatable bonds is 6. The Hall–Kier alpha value is -2.97. The third-order valence-electron chi connectivity index (χ3n) is 5.37. The number of benzene rings is 2. The van der Waals surface area contributed by atoms with Gasteiger partial charge in [-0.05, 0) is 35.4 Å². The van der Waals surface area contributed by atoms with E-state index < -0.39 is 5.92 Å². The molecule has 0 saturated heterocycles. The highest BCUT2D eigenvalue weighted by Crippen LogP contribution is 2.39. The van der Waals surface area contributed by atoms with E-state index in [0.717, 1.165) is 11.1 Å². The van der Waals surface area contributed by atoms with E-state index in [0.29, 0.717) is 38.8 Å². The standard InChI is InChI=1S/C23H22ClN3O4S/c1-27-21-20(22(29)26-23(27)32-12-13-5-4-6-15(24)9-13)16(11-19(28)25-21)14-7-8-17(30-2)18(10-14)31-3/h4-10,16H,11-12H2,1-3H3,(H,25,28)/t16-/m1/s1. The van der Waals surface area contributed by atoms with Crippen LogP contribution in [0.4, 0.5) is 5.82 Å². The Morgan fingerprint density at radius 3 is 2.66 bits per heavy atom. The van der Waals surface area contributed by atoms with Gasteiger partial charge in [0.2, 0.25) is 5.91 Å². The highest BCUT2D eigenvalue weighted by atomic mass is 35.5. The summed E-state index contributed by atoms with van der Waals surface area (Å²) in [6.45, 7) is 0. The van der Waals surface area contributed by atoms with E-state index in [4.69, 9.17) is 21.1 Å². The molecule has 0 spiro atoms. The van der Waals surface area contributed by atoms with E-state index in [-0.39, 0.29) is 17.9 Å². The number of nitrogens with one attached hydrogen (secondary N) is 1. The van der Waals surface area contributed by atoms with Crippen molar-refractivity contribution in [2.45, 2.75) is 23.2 Å². The van der Waals surface area contributed by atoms with Gasteiger partial charge in [-0.2, -0.15) is 4.98 Å². The average Bonchev–Trinajstić information content (AvgIpc) is 2.79. The van der Waals surface area contributed by atoms with Crippen LogP contribution in [0, 0.1) is 0 Å². The van der Waals surface area contributed by atoms with Crippen molar-refractivity contribution in [1.29, 1.82) is 0 Å². The monoisotopic (exact) mass is 471 g/mol. The fourth-order valence-electron chi connectivity index (χ4n) is 3.79. The minimum absolute atomic E-state index is 0.147. The Kier molecular flexibility index (Phi) is 6.43. The molecule has 9 heteroatoms. The van der Waals surface area contributed by atoms with Crippen molar-refractivity contribution in [3.8, 4) is 11.5 Å². The summed E-state index contributed by atoms with van der Waals surface area (Å²) in [4.78, 5) is 30.0. The molecule has 32 heavy (non-hydrogen) atoms. The first kappa shape index (κ1) is 22.2. The van der Waals surface area contributed by atoms with Crippen LogP contribution in [0.5, 0.6) is 11.5 Å². The number of anilines is 1. The summed E-state index contributed by atoms with van der Waals surface area (Å²) in [5.74, 6) is 1.58. The van der Waals surface area contributed by atoms with Crippen molar-refractivity contribution in [1.82, 2.24) is 9.55 Å². The lowest BCUT2D eigenvalue weighted by atomic mass is 9.86. The van der Waals surface area contributed by atoms with E-state index in [1.54, 1.807) is 38.0 Å². The molecule has 1 N–H and O–H groups in total. The number of methoxy groups -OCH3 is 2. The first-order valence-electron chi connectivity index (χ1n) is 9.91. The molecule has 2 aromatic carbocycles. The zero-order valence-electron chi connectivity index (χ0n) is 17.8. The number of aromatic nitrogens is 2. The average molecular weight is 472 g/mol. The third kappa shape index (κ3) is 4.33. The number of halogens is 1. The van der Waals surface area contributed by atoms with Crippen LogP contribution in [0.25, 0.3) is 0 Å². The van der Waals surface area contributed by atoms with Crippen LogP contribution in [0.3, 0.4) is 0 Å². The molecular formula is C23H22ClN3O4S. The number of carbonyl (C=O) groups excluding carboxylic acids is 1. The lowest BCUT2D eigenvalue weighted by Crippen LogP contribution is -2.33. The fraction of sp³-hybridized carbons (Fsp3) is 0.261. The topological polar surface area (TPSA) is 82.5 Å². The molecule has 0 unspecified atom stereocenters. The summed E-state index contributed by atoms with van der Waals surface area (Å²) in [6.07, 6.45) is 0.147. The predicted molar refractivity (Wildman–Crippen MR) is 125 cm³/mol. The van der Waals surface area contributed by atoms with E-state index >= 15 is 0 Å². The van der Waals surface area contributed by atoms with Gasteiger partial charge >= 0.3 is 0 Å². The van der Waals surface area contributed by atoms with Gasteiger partial charge in [0.05, 0.1) is 19.8 Å².